The monoisotopic (exact) mass is 536 g/mol. The highest BCUT2D eigenvalue weighted by Gasteiger charge is 2.40. The lowest BCUT2D eigenvalue weighted by Crippen LogP contribution is -2.59. The number of nitrogens with one attached hydrogen (secondary N) is 2. The normalized spacial score (nSPS) is 19.3. The van der Waals surface area contributed by atoms with Gasteiger partial charge in [0, 0.05) is 23.9 Å². The van der Waals surface area contributed by atoms with Gasteiger partial charge in [-0.1, -0.05) is 12.1 Å². The molecule has 4 rings (SSSR count). The molecule has 0 aromatic carbocycles. The highest BCUT2D eigenvalue weighted by atomic mass is 32.2. The number of hydrogen-bond donors (Lipinski definition) is 3. The molecule has 1 fully saturated rings. The van der Waals surface area contributed by atoms with Crippen LogP contribution in [0.1, 0.15) is 28.3 Å². The Balaban J connectivity index is 1.54. The average molecular weight is 537 g/mol. The highest BCUT2D eigenvalue weighted by molar-refractivity contribution is 7.91. The number of amides is 3. The fourth-order valence-electron chi connectivity index (χ4n) is 3.92. The second kappa shape index (κ2) is 10.7. The van der Waals surface area contributed by atoms with E-state index >= 15 is 0 Å². The Morgan fingerprint density at radius 2 is 1.91 bits per heavy atom. The molecule has 0 bridgehead atoms. The standard InChI is InChI=1S/C22H24N4O6S3/c23-20(27)16(13-15-4-2-10-33-15)24-21(28)17-12-14(25-35(30,31)19-6-3-11-34-19)7-8-26(17)22(29)18-5-1-9-32-18/h1-6,9-11,14,16-17,25H,7-8,12-13H2,(H2,23,27)(H,24,28)/t14-,16-,17-/m0/s1. The van der Waals surface area contributed by atoms with E-state index in [1.165, 1.54) is 34.6 Å². The Morgan fingerprint density at radius 1 is 1.14 bits per heavy atom. The van der Waals surface area contributed by atoms with E-state index in [4.69, 9.17) is 10.2 Å². The van der Waals surface area contributed by atoms with Crippen molar-refractivity contribution in [1.82, 2.24) is 14.9 Å². The van der Waals surface area contributed by atoms with Crippen LogP contribution in [-0.2, 0) is 26.0 Å². The minimum atomic E-state index is -3.78. The molecule has 186 valence electrons. The largest absolute Gasteiger partial charge is 0.459 e. The van der Waals surface area contributed by atoms with Crippen molar-refractivity contribution in [3.05, 3.63) is 64.1 Å². The van der Waals surface area contributed by atoms with Gasteiger partial charge < -0.3 is 20.4 Å². The van der Waals surface area contributed by atoms with Crippen LogP contribution in [0.4, 0.5) is 0 Å². The van der Waals surface area contributed by atoms with Crippen LogP contribution in [-0.4, -0.2) is 55.7 Å². The van der Waals surface area contributed by atoms with E-state index in [0.717, 1.165) is 16.2 Å². The topological polar surface area (TPSA) is 152 Å². The van der Waals surface area contributed by atoms with Crippen molar-refractivity contribution in [2.75, 3.05) is 6.54 Å². The first kappa shape index (κ1) is 25.1. The smallest absolute Gasteiger partial charge is 0.290 e. The van der Waals surface area contributed by atoms with Crippen LogP contribution in [0.5, 0.6) is 0 Å². The Hall–Kier alpha value is -3.00. The molecule has 13 heteroatoms. The van der Waals surface area contributed by atoms with Gasteiger partial charge in [-0.3, -0.25) is 14.4 Å². The molecule has 0 unspecified atom stereocenters. The summed E-state index contributed by atoms with van der Waals surface area (Å²) in [6.45, 7) is 0.113. The average Bonchev–Trinajstić information content (AvgIpc) is 3.61. The van der Waals surface area contributed by atoms with Crippen LogP contribution in [0, 0.1) is 0 Å². The molecule has 1 saturated heterocycles. The zero-order chi connectivity index (χ0) is 25.0. The van der Waals surface area contributed by atoms with Crippen LogP contribution < -0.4 is 15.8 Å². The molecular formula is C22H24N4O6S3. The summed E-state index contributed by atoms with van der Waals surface area (Å²) in [7, 11) is -3.78. The fourth-order valence-corrected chi connectivity index (χ4v) is 6.97. The number of thiophene rings is 2. The van der Waals surface area contributed by atoms with Gasteiger partial charge in [-0.15, -0.1) is 22.7 Å². The number of rotatable bonds is 9. The third-order valence-corrected chi connectivity index (χ3v) is 9.44. The van der Waals surface area contributed by atoms with E-state index in [9.17, 15) is 22.8 Å². The SMILES string of the molecule is NC(=O)[C@H](Cc1cccs1)NC(=O)[C@@H]1C[C@@H](NS(=O)(=O)c2cccs2)CCN1C(=O)c1ccco1. The summed E-state index contributed by atoms with van der Waals surface area (Å²) in [6.07, 6.45) is 1.89. The number of primary amides is 1. The predicted molar refractivity (Wildman–Crippen MR) is 130 cm³/mol. The second-order valence-electron chi connectivity index (χ2n) is 8.01. The molecule has 0 saturated carbocycles. The van der Waals surface area contributed by atoms with Crippen LogP contribution in [0.2, 0.25) is 0 Å². The Labute approximate surface area is 210 Å². The predicted octanol–water partition coefficient (Wildman–Crippen LogP) is 1.57. The van der Waals surface area contributed by atoms with E-state index in [-0.39, 0.29) is 29.4 Å². The number of piperidine rings is 1. The van der Waals surface area contributed by atoms with Crippen molar-refractivity contribution in [2.24, 2.45) is 5.73 Å². The molecule has 3 atom stereocenters. The fraction of sp³-hybridized carbons (Fsp3) is 0.318. The van der Waals surface area contributed by atoms with Crippen molar-refractivity contribution in [2.45, 2.75) is 41.6 Å². The first-order chi connectivity index (χ1) is 16.7. The Kier molecular flexibility index (Phi) is 7.69. The first-order valence-electron chi connectivity index (χ1n) is 10.8. The summed E-state index contributed by atoms with van der Waals surface area (Å²) >= 11 is 2.51. The number of sulfonamides is 1. The maximum atomic E-state index is 13.4. The van der Waals surface area contributed by atoms with Gasteiger partial charge in [-0.05, 0) is 47.9 Å². The van der Waals surface area contributed by atoms with Gasteiger partial charge in [0.2, 0.25) is 21.8 Å². The quantitative estimate of drug-likeness (QED) is 0.378. The molecule has 3 aromatic rings. The highest BCUT2D eigenvalue weighted by Crippen LogP contribution is 2.24. The zero-order valence-electron chi connectivity index (χ0n) is 18.5. The number of carbonyl (C=O) groups is 3. The molecular weight excluding hydrogens is 512 g/mol. The molecule has 4 heterocycles. The summed E-state index contributed by atoms with van der Waals surface area (Å²) in [5, 5.41) is 6.17. The number of nitrogens with two attached hydrogens (primary N) is 1. The van der Waals surface area contributed by atoms with Crippen LogP contribution >= 0.6 is 22.7 Å². The summed E-state index contributed by atoms with van der Waals surface area (Å²) in [5.41, 5.74) is 5.53. The molecule has 35 heavy (non-hydrogen) atoms. The third-order valence-electron chi connectivity index (χ3n) is 5.63. The lowest BCUT2D eigenvalue weighted by atomic mass is 9.96. The summed E-state index contributed by atoms with van der Waals surface area (Å²) in [4.78, 5) is 40.7. The van der Waals surface area contributed by atoms with E-state index in [2.05, 4.69) is 10.0 Å². The maximum Gasteiger partial charge on any atom is 0.290 e. The molecule has 0 aliphatic carbocycles. The van der Waals surface area contributed by atoms with Crippen LogP contribution in [0.15, 0.2) is 62.0 Å². The Morgan fingerprint density at radius 3 is 2.54 bits per heavy atom. The third kappa shape index (κ3) is 5.99. The number of nitrogens with zero attached hydrogens (tertiary/aromatic N) is 1. The van der Waals surface area contributed by atoms with Gasteiger partial charge in [0.25, 0.3) is 5.91 Å². The molecule has 0 radical (unpaired) electrons. The van der Waals surface area contributed by atoms with Gasteiger partial charge >= 0.3 is 0 Å². The van der Waals surface area contributed by atoms with E-state index in [0.29, 0.717) is 6.42 Å². The van der Waals surface area contributed by atoms with Gasteiger partial charge in [0.15, 0.2) is 5.76 Å². The van der Waals surface area contributed by atoms with Crippen LogP contribution in [0.3, 0.4) is 0 Å². The zero-order valence-corrected chi connectivity index (χ0v) is 20.9. The molecule has 0 spiro atoms. The van der Waals surface area contributed by atoms with Crippen molar-refractivity contribution in [1.29, 1.82) is 0 Å². The molecule has 4 N–H and O–H groups in total. The lowest BCUT2D eigenvalue weighted by Gasteiger charge is -2.38. The van der Waals surface area contributed by atoms with Crippen molar-refractivity contribution in [3.63, 3.8) is 0 Å². The summed E-state index contributed by atoms with van der Waals surface area (Å²) in [5.74, 6) is -1.74. The molecule has 1 aliphatic heterocycles. The first-order valence-corrected chi connectivity index (χ1v) is 14.0. The minimum absolute atomic E-state index is 0.0212. The molecule has 3 amide bonds. The van der Waals surface area contributed by atoms with Crippen LogP contribution in [0.25, 0.3) is 0 Å². The van der Waals surface area contributed by atoms with Gasteiger partial charge in [-0.25, -0.2) is 13.1 Å². The van der Waals surface area contributed by atoms with Gasteiger partial charge in [-0.2, -0.15) is 0 Å². The summed E-state index contributed by atoms with van der Waals surface area (Å²) < 4.78 is 33.5. The second-order valence-corrected chi connectivity index (χ2v) is 11.9. The van der Waals surface area contributed by atoms with E-state index in [1.807, 2.05) is 17.5 Å². The maximum absolute atomic E-state index is 13.4. The molecule has 3 aromatic heterocycles. The van der Waals surface area contributed by atoms with Crippen molar-refractivity contribution < 1.29 is 27.2 Å². The van der Waals surface area contributed by atoms with E-state index in [1.54, 1.807) is 17.5 Å². The van der Waals surface area contributed by atoms with Gasteiger partial charge in [0.05, 0.1) is 6.26 Å². The van der Waals surface area contributed by atoms with Crippen molar-refractivity contribution in [3.8, 4) is 0 Å². The number of carbonyl (C=O) groups excluding carboxylic acids is 3. The molecule has 10 nitrogen and oxygen atoms in total. The van der Waals surface area contributed by atoms with E-state index < -0.39 is 45.9 Å². The number of likely N-dealkylation sites (tertiary alicyclic amines) is 1. The van der Waals surface area contributed by atoms with Gasteiger partial charge in [0.1, 0.15) is 16.3 Å². The summed E-state index contributed by atoms with van der Waals surface area (Å²) in [6, 6.07) is 7.23. The Bertz CT molecular complexity index is 1260. The number of furan rings is 1. The lowest BCUT2D eigenvalue weighted by molar-refractivity contribution is -0.131. The number of hydrogen-bond acceptors (Lipinski definition) is 8. The van der Waals surface area contributed by atoms with Crippen molar-refractivity contribution >= 4 is 50.4 Å². The molecule has 1 aliphatic rings. The minimum Gasteiger partial charge on any atom is -0.459 e.